The summed E-state index contributed by atoms with van der Waals surface area (Å²) < 4.78 is 0. The number of anilines is 3. The normalized spacial score (nSPS) is 10.0. The van der Waals surface area contributed by atoms with Gasteiger partial charge in [-0.15, -0.1) is 0 Å². The van der Waals surface area contributed by atoms with E-state index in [2.05, 4.69) is 16.0 Å². The van der Waals surface area contributed by atoms with Crippen LogP contribution in [0, 0.1) is 20.8 Å². The number of carbonyl (C=O) groups excluding carboxylic acids is 3. The number of hydrogen-bond acceptors (Lipinski definition) is 3. The minimum Gasteiger partial charge on any atom is -0.326 e. The molecule has 0 saturated carbocycles. The molecule has 0 fully saturated rings. The van der Waals surface area contributed by atoms with Crippen molar-refractivity contribution in [1.29, 1.82) is 0 Å². The van der Waals surface area contributed by atoms with Crippen molar-refractivity contribution in [2.75, 3.05) is 16.0 Å². The molecule has 0 aliphatic heterocycles. The summed E-state index contributed by atoms with van der Waals surface area (Å²) in [5, 5.41) is 8.26. The summed E-state index contributed by atoms with van der Waals surface area (Å²) in [6.07, 6.45) is 0. The van der Waals surface area contributed by atoms with Crippen LogP contribution < -0.4 is 16.0 Å². The average Bonchev–Trinajstić information content (AvgIpc) is 2.35. The Morgan fingerprint density at radius 1 is 0.571 bits per heavy atom. The van der Waals surface area contributed by atoms with Crippen molar-refractivity contribution in [3.63, 3.8) is 0 Å². The Bertz CT molecular complexity index is 514. The summed E-state index contributed by atoms with van der Waals surface area (Å²) in [6, 6.07) is 0. The number of amides is 3. The van der Waals surface area contributed by atoms with Gasteiger partial charge >= 0.3 is 0 Å². The molecule has 0 spiro atoms. The molecule has 0 bridgehead atoms. The topological polar surface area (TPSA) is 87.3 Å². The van der Waals surface area contributed by atoms with Crippen LogP contribution in [0.5, 0.6) is 0 Å². The summed E-state index contributed by atoms with van der Waals surface area (Å²) >= 11 is 0. The van der Waals surface area contributed by atoms with Gasteiger partial charge in [0.2, 0.25) is 17.7 Å². The van der Waals surface area contributed by atoms with Crippen molar-refractivity contribution in [3.8, 4) is 0 Å². The summed E-state index contributed by atoms with van der Waals surface area (Å²) in [7, 11) is 0. The van der Waals surface area contributed by atoms with Crippen molar-refractivity contribution in [3.05, 3.63) is 16.7 Å². The molecule has 0 radical (unpaired) electrons. The molecule has 6 heteroatoms. The van der Waals surface area contributed by atoms with Crippen LogP contribution in [-0.4, -0.2) is 17.7 Å². The Kier molecular flexibility index (Phi) is 5.07. The predicted molar refractivity (Wildman–Crippen MR) is 83.6 cm³/mol. The predicted octanol–water partition coefficient (Wildman–Crippen LogP) is 2.49. The standard InChI is InChI=1S/C15H21N3O3/c1-7-13(16-10(4)19)8(2)15(18-12(6)21)9(3)14(7)17-11(5)20/h1-6H3,(H,16,19)(H,17,20)(H,18,21). The van der Waals surface area contributed by atoms with Crippen LogP contribution in [0.15, 0.2) is 0 Å². The Morgan fingerprint density at radius 2 is 0.762 bits per heavy atom. The highest BCUT2D eigenvalue weighted by molar-refractivity contribution is 6.01. The molecule has 0 aliphatic rings. The zero-order chi connectivity index (χ0) is 16.3. The molecule has 0 heterocycles. The van der Waals surface area contributed by atoms with Gasteiger partial charge in [-0.3, -0.25) is 14.4 Å². The van der Waals surface area contributed by atoms with E-state index in [4.69, 9.17) is 0 Å². The van der Waals surface area contributed by atoms with Gasteiger partial charge in [0.15, 0.2) is 0 Å². The van der Waals surface area contributed by atoms with E-state index in [1.165, 1.54) is 20.8 Å². The Balaban J connectivity index is 3.60. The van der Waals surface area contributed by atoms with Gasteiger partial charge in [0, 0.05) is 20.8 Å². The summed E-state index contributed by atoms with van der Waals surface area (Å²) in [5.74, 6) is -0.646. The van der Waals surface area contributed by atoms with Crippen LogP contribution in [0.2, 0.25) is 0 Å². The van der Waals surface area contributed by atoms with E-state index in [9.17, 15) is 14.4 Å². The number of benzene rings is 1. The maximum Gasteiger partial charge on any atom is 0.221 e. The van der Waals surface area contributed by atoms with E-state index in [1.807, 2.05) is 20.8 Å². The lowest BCUT2D eigenvalue weighted by Crippen LogP contribution is -2.17. The van der Waals surface area contributed by atoms with Gasteiger partial charge < -0.3 is 16.0 Å². The first-order valence-corrected chi connectivity index (χ1v) is 6.61. The Labute approximate surface area is 124 Å². The fourth-order valence-corrected chi connectivity index (χ4v) is 2.31. The van der Waals surface area contributed by atoms with Gasteiger partial charge in [-0.1, -0.05) is 0 Å². The summed E-state index contributed by atoms with van der Waals surface area (Å²) in [4.78, 5) is 34.2. The van der Waals surface area contributed by atoms with Crippen molar-refractivity contribution < 1.29 is 14.4 Å². The molecule has 3 N–H and O–H groups in total. The monoisotopic (exact) mass is 291 g/mol. The van der Waals surface area contributed by atoms with E-state index in [0.717, 1.165) is 16.7 Å². The largest absolute Gasteiger partial charge is 0.326 e. The third kappa shape index (κ3) is 3.81. The minimum absolute atomic E-state index is 0.215. The van der Waals surface area contributed by atoms with Crippen LogP contribution in [0.4, 0.5) is 17.1 Å². The average molecular weight is 291 g/mol. The van der Waals surface area contributed by atoms with E-state index in [-0.39, 0.29) is 17.7 Å². The van der Waals surface area contributed by atoms with Gasteiger partial charge in [-0.05, 0) is 37.5 Å². The molecule has 0 aliphatic carbocycles. The number of nitrogens with one attached hydrogen (secondary N) is 3. The minimum atomic E-state index is -0.215. The van der Waals surface area contributed by atoms with Crippen LogP contribution in [0.1, 0.15) is 37.5 Å². The molecule has 0 atom stereocenters. The summed E-state index contributed by atoms with van der Waals surface area (Å²) in [5.41, 5.74) is 4.06. The second kappa shape index (κ2) is 6.39. The van der Waals surface area contributed by atoms with Gasteiger partial charge in [0.05, 0.1) is 17.1 Å². The van der Waals surface area contributed by atoms with E-state index in [1.54, 1.807) is 0 Å². The maximum absolute atomic E-state index is 11.4. The SMILES string of the molecule is CC(=O)Nc1c(C)c(NC(C)=O)c(C)c(NC(C)=O)c1C. The molecule has 0 aromatic heterocycles. The molecular weight excluding hydrogens is 270 g/mol. The zero-order valence-corrected chi connectivity index (χ0v) is 13.2. The molecule has 0 saturated heterocycles. The van der Waals surface area contributed by atoms with Gasteiger partial charge in [0.1, 0.15) is 0 Å². The first-order chi connectivity index (χ1) is 9.65. The van der Waals surface area contributed by atoms with Crippen LogP contribution in [0.25, 0.3) is 0 Å². The molecule has 6 nitrogen and oxygen atoms in total. The van der Waals surface area contributed by atoms with Crippen LogP contribution in [-0.2, 0) is 14.4 Å². The molecule has 1 rings (SSSR count). The number of rotatable bonds is 3. The number of hydrogen-bond donors (Lipinski definition) is 3. The zero-order valence-electron chi connectivity index (χ0n) is 13.2. The maximum atomic E-state index is 11.4. The number of carbonyl (C=O) groups is 3. The van der Waals surface area contributed by atoms with Crippen LogP contribution in [0.3, 0.4) is 0 Å². The van der Waals surface area contributed by atoms with E-state index in [0.29, 0.717) is 17.1 Å². The van der Waals surface area contributed by atoms with Gasteiger partial charge in [0.25, 0.3) is 0 Å². The van der Waals surface area contributed by atoms with Crippen molar-refractivity contribution in [1.82, 2.24) is 0 Å². The van der Waals surface area contributed by atoms with Crippen molar-refractivity contribution in [2.45, 2.75) is 41.5 Å². The van der Waals surface area contributed by atoms with Gasteiger partial charge in [-0.25, -0.2) is 0 Å². The highest BCUT2D eigenvalue weighted by Crippen LogP contribution is 2.38. The van der Waals surface area contributed by atoms with Crippen molar-refractivity contribution >= 4 is 34.8 Å². The van der Waals surface area contributed by atoms with Crippen LogP contribution >= 0.6 is 0 Å². The lowest BCUT2D eigenvalue weighted by atomic mass is 9.98. The molecule has 114 valence electrons. The second-order valence-electron chi connectivity index (χ2n) is 5.04. The first-order valence-electron chi connectivity index (χ1n) is 6.61. The molecular formula is C15H21N3O3. The molecule has 1 aromatic rings. The smallest absolute Gasteiger partial charge is 0.221 e. The fourth-order valence-electron chi connectivity index (χ4n) is 2.31. The molecule has 21 heavy (non-hydrogen) atoms. The highest BCUT2D eigenvalue weighted by Gasteiger charge is 2.19. The summed E-state index contributed by atoms with van der Waals surface area (Å²) in [6.45, 7) is 9.68. The van der Waals surface area contributed by atoms with Crippen molar-refractivity contribution in [2.24, 2.45) is 0 Å². The second-order valence-corrected chi connectivity index (χ2v) is 5.04. The highest BCUT2D eigenvalue weighted by atomic mass is 16.2. The Hall–Kier alpha value is -2.37. The molecule has 3 amide bonds. The third-order valence-electron chi connectivity index (χ3n) is 3.15. The third-order valence-corrected chi connectivity index (χ3v) is 3.15. The fraction of sp³-hybridized carbons (Fsp3) is 0.400. The Morgan fingerprint density at radius 3 is 0.905 bits per heavy atom. The molecule has 0 unspecified atom stereocenters. The quantitative estimate of drug-likeness (QED) is 0.799. The van der Waals surface area contributed by atoms with E-state index < -0.39 is 0 Å². The van der Waals surface area contributed by atoms with Gasteiger partial charge in [-0.2, -0.15) is 0 Å². The lowest BCUT2D eigenvalue weighted by Gasteiger charge is -2.22. The lowest BCUT2D eigenvalue weighted by molar-refractivity contribution is -0.115. The molecule has 1 aromatic carbocycles. The van der Waals surface area contributed by atoms with E-state index >= 15 is 0 Å². The first kappa shape index (κ1) is 16.7.